The van der Waals surface area contributed by atoms with Crippen LogP contribution in [-0.2, 0) is 24.5 Å². The Kier molecular flexibility index (Phi) is 2.86. The highest BCUT2D eigenvalue weighted by atomic mass is 19.1. The largest absolute Gasteiger partial charge is 0.372 e. The molecule has 0 spiro atoms. The van der Waals surface area contributed by atoms with Crippen molar-refractivity contribution >= 4 is 0 Å². The molecule has 0 fully saturated rings. The minimum absolute atomic E-state index is 0.225. The Labute approximate surface area is 105 Å². The average molecular weight is 243 g/mol. The van der Waals surface area contributed by atoms with Gasteiger partial charge in [-0.25, -0.2) is 4.39 Å². The number of halogens is 1. The molecular weight excluding hydrogens is 229 g/mol. The van der Waals surface area contributed by atoms with Crippen molar-refractivity contribution in [3.8, 4) is 11.1 Å². The normalized spacial score (nSPS) is 13.7. The van der Waals surface area contributed by atoms with Crippen LogP contribution >= 0.6 is 0 Å². The van der Waals surface area contributed by atoms with Gasteiger partial charge in [0.2, 0.25) is 0 Å². The summed E-state index contributed by atoms with van der Waals surface area (Å²) < 4.78 is 19.4. The van der Waals surface area contributed by atoms with E-state index in [2.05, 4.69) is 0 Å². The predicted octanol–water partition coefficient (Wildman–Crippen LogP) is 2.98. The molecule has 0 radical (unpaired) electrons. The number of fused-ring (bicyclic) bond motifs is 1. The quantitative estimate of drug-likeness (QED) is 0.880. The van der Waals surface area contributed by atoms with Crippen molar-refractivity contribution in [3.63, 3.8) is 0 Å². The molecule has 1 aliphatic heterocycles. The molecular formula is C15H14FNO. The molecule has 0 saturated carbocycles. The van der Waals surface area contributed by atoms with E-state index in [0.29, 0.717) is 25.3 Å². The molecule has 0 aromatic heterocycles. The summed E-state index contributed by atoms with van der Waals surface area (Å²) in [7, 11) is 0. The number of rotatable bonds is 2. The lowest BCUT2D eigenvalue weighted by Gasteiger charge is -2.07. The van der Waals surface area contributed by atoms with Gasteiger partial charge in [-0.1, -0.05) is 24.3 Å². The van der Waals surface area contributed by atoms with E-state index < -0.39 is 0 Å². The molecule has 2 aromatic rings. The summed E-state index contributed by atoms with van der Waals surface area (Å²) in [5.74, 6) is -0.225. The van der Waals surface area contributed by atoms with Crippen molar-refractivity contribution in [3.05, 3.63) is 58.9 Å². The molecule has 2 nitrogen and oxygen atoms in total. The molecule has 18 heavy (non-hydrogen) atoms. The van der Waals surface area contributed by atoms with Crippen LogP contribution in [0, 0.1) is 5.82 Å². The summed E-state index contributed by atoms with van der Waals surface area (Å²) >= 11 is 0. The van der Waals surface area contributed by atoms with Gasteiger partial charge in [0.05, 0.1) is 13.2 Å². The number of hydrogen-bond donors (Lipinski definition) is 1. The van der Waals surface area contributed by atoms with Crippen LogP contribution in [0.1, 0.15) is 16.7 Å². The molecule has 2 aromatic carbocycles. The zero-order valence-electron chi connectivity index (χ0n) is 9.95. The van der Waals surface area contributed by atoms with Gasteiger partial charge < -0.3 is 10.5 Å². The highest BCUT2D eigenvalue weighted by Gasteiger charge is 2.13. The molecule has 92 valence electrons. The maximum Gasteiger partial charge on any atom is 0.131 e. The SMILES string of the molecule is NCc1ccc(-c2ccc3c(c2)COC3)c(F)c1. The van der Waals surface area contributed by atoms with Crippen molar-refractivity contribution in [1.29, 1.82) is 0 Å². The third-order valence-corrected chi connectivity index (χ3v) is 3.30. The van der Waals surface area contributed by atoms with Gasteiger partial charge in [0.1, 0.15) is 5.82 Å². The molecule has 1 heterocycles. The highest BCUT2D eigenvalue weighted by molar-refractivity contribution is 5.66. The highest BCUT2D eigenvalue weighted by Crippen LogP contribution is 2.28. The van der Waals surface area contributed by atoms with Gasteiger partial charge in [-0.15, -0.1) is 0 Å². The van der Waals surface area contributed by atoms with Crippen LogP contribution in [0.25, 0.3) is 11.1 Å². The van der Waals surface area contributed by atoms with E-state index in [1.54, 1.807) is 6.07 Å². The van der Waals surface area contributed by atoms with Crippen LogP contribution in [-0.4, -0.2) is 0 Å². The van der Waals surface area contributed by atoms with Gasteiger partial charge in [-0.05, 0) is 34.4 Å². The standard InChI is InChI=1S/C15H14FNO/c16-15-5-10(7-17)1-4-14(15)11-2-3-12-8-18-9-13(12)6-11/h1-6H,7-9,17H2. The number of hydrogen-bond acceptors (Lipinski definition) is 2. The molecule has 0 bridgehead atoms. The second kappa shape index (κ2) is 4.52. The molecule has 0 atom stereocenters. The Morgan fingerprint density at radius 2 is 1.89 bits per heavy atom. The summed E-state index contributed by atoms with van der Waals surface area (Å²) in [4.78, 5) is 0. The predicted molar refractivity (Wildman–Crippen MR) is 68.2 cm³/mol. The number of ether oxygens (including phenoxy) is 1. The minimum atomic E-state index is -0.225. The van der Waals surface area contributed by atoms with E-state index in [1.807, 2.05) is 24.3 Å². The van der Waals surface area contributed by atoms with E-state index in [1.165, 1.54) is 11.6 Å². The number of nitrogens with two attached hydrogens (primary N) is 1. The lowest BCUT2D eigenvalue weighted by atomic mass is 9.99. The van der Waals surface area contributed by atoms with Gasteiger partial charge >= 0.3 is 0 Å². The fourth-order valence-electron chi connectivity index (χ4n) is 2.26. The van der Waals surface area contributed by atoms with E-state index in [0.717, 1.165) is 16.7 Å². The summed E-state index contributed by atoms with van der Waals surface area (Å²) in [5, 5.41) is 0. The van der Waals surface area contributed by atoms with Gasteiger partial charge in [0, 0.05) is 12.1 Å². The Morgan fingerprint density at radius 3 is 2.67 bits per heavy atom. The zero-order valence-corrected chi connectivity index (χ0v) is 9.95. The fraction of sp³-hybridized carbons (Fsp3) is 0.200. The maximum absolute atomic E-state index is 14.0. The third-order valence-electron chi connectivity index (χ3n) is 3.30. The number of benzene rings is 2. The summed E-state index contributed by atoms with van der Waals surface area (Å²) in [6, 6.07) is 11.1. The first-order valence-corrected chi connectivity index (χ1v) is 5.96. The Morgan fingerprint density at radius 1 is 1.06 bits per heavy atom. The van der Waals surface area contributed by atoms with Crippen LogP contribution in [0.2, 0.25) is 0 Å². The van der Waals surface area contributed by atoms with Gasteiger partial charge in [0.25, 0.3) is 0 Å². The van der Waals surface area contributed by atoms with E-state index >= 15 is 0 Å². The first-order valence-electron chi connectivity index (χ1n) is 5.96. The smallest absolute Gasteiger partial charge is 0.131 e. The van der Waals surface area contributed by atoms with Crippen LogP contribution in [0.4, 0.5) is 4.39 Å². The first-order chi connectivity index (χ1) is 8.78. The summed E-state index contributed by atoms with van der Waals surface area (Å²) in [6.45, 7) is 1.63. The second-order valence-corrected chi connectivity index (χ2v) is 4.49. The second-order valence-electron chi connectivity index (χ2n) is 4.49. The minimum Gasteiger partial charge on any atom is -0.372 e. The van der Waals surface area contributed by atoms with Crippen LogP contribution in [0.15, 0.2) is 36.4 Å². The van der Waals surface area contributed by atoms with Gasteiger partial charge in [-0.3, -0.25) is 0 Å². The van der Waals surface area contributed by atoms with Gasteiger partial charge in [0.15, 0.2) is 0 Å². The third kappa shape index (κ3) is 1.92. The van der Waals surface area contributed by atoms with Crippen molar-refractivity contribution in [2.75, 3.05) is 0 Å². The van der Waals surface area contributed by atoms with Crippen molar-refractivity contribution in [1.82, 2.24) is 0 Å². The molecule has 0 aliphatic carbocycles. The Bertz CT molecular complexity index is 595. The monoisotopic (exact) mass is 243 g/mol. The summed E-state index contributed by atoms with van der Waals surface area (Å²) in [5.41, 5.74) is 10.1. The fourth-order valence-corrected chi connectivity index (χ4v) is 2.26. The molecule has 1 aliphatic rings. The maximum atomic E-state index is 14.0. The molecule has 3 heteroatoms. The van der Waals surface area contributed by atoms with Crippen molar-refractivity contribution in [2.24, 2.45) is 5.73 Å². The summed E-state index contributed by atoms with van der Waals surface area (Å²) in [6.07, 6.45) is 0. The molecule has 0 unspecified atom stereocenters. The molecule has 0 amide bonds. The lowest BCUT2D eigenvalue weighted by Crippen LogP contribution is -1.97. The average Bonchev–Trinajstić information content (AvgIpc) is 2.85. The van der Waals surface area contributed by atoms with E-state index in [4.69, 9.17) is 10.5 Å². The lowest BCUT2D eigenvalue weighted by molar-refractivity contribution is 0.134. The van der Waals surface area contributed by atoms with E-state index in [9.17, 15) is 4.39 Å². The molecule has 2 N–H and O–H groups in total. The van der Waals surface area contributed by atoms with Crippen molar-refractivity contribution < 1.29 is 9.13 Å². The molecule has 3 rings (SSSR count). The Hall–Kier alpha value is -1.71. The van der Waals surface area contributed by atoms with Crippen molar-refractivity contribution in [2.45, 2.75) is 19.8 Å². The topological polar surface area (TPSA) is 35.2 Å². The Balaban J connectivity index is 2.04. The van der Waals surface area contributed by atoms with Crippen LogP contribution < -0.4 is 5.73 Å². The molecule has 0 saturated heterocycles. The van der Waals surface area contributed by atoms with Gasteiger partial charge in [-0.2, -0.15) is 0 Å². The zero-order chi connectivity index (χ0) is 12.5. The van der Waals surface area contributed by atoms with Crippen LogP contribution in [0.3, 0.4) is 0 Å². The van der Waals surface area contributed by atoms with Crippen LogP contribution in [0.5, 0.6) is 0 Å². The van der Waals surface area contributed by atoms with E-state index in [-0.39, 0.29) is 5.82 Å². The first kappa shape index (κ1) is 11.4.